The standard InChI is InChI=1S/C10H13FN2O3S/c11-17(15,16)9-6-10(14)13(7-9)5-3-8-2-1-4-12-8/h1-2,4,9,12H,3,5-7H2. The molecule has 1 aliphatic rings. The van der Waals surface area contributed by atoms with Crippen LogP contribution in [0, 0.1) is 0 Å². The molecule has 2 rings (SSSR count). The normalized spacial score (nSPS) is 21.1. The molecule has 2 heterocycles. The fourth-order valence-corrected chi connectivity index (χ4v) is 2.62. The molecule has 1 unspecified atom stereocenters. The van der Waals surface area contributed by atoms with Gasteiger partial charge in [-0.1, -0.05) is 0 Å². The van der Waals surface area contributed by atoms with Crippen molar-refractivity contribution in [1.29, 1.82) is 0 Å². The number of likely N-dealkylation sites (tertiary alicyclic amines) is 1. The Kier molecular flexibility index (Phi) is 3.19. The van der Waals surface area contributed by atoms with Crippen molar-refractivity contribution < 1.29 is 17.1 Å². The van der Waals surface area contributed by atoms with Crippen LogP contribution in [0.1, 0.15) is 12.1 Å². The molecule has 5 nitrogen and oxygen atoms in total. The second-order valence-electron chi connectivity index (χ2n) is 4.09. The number of halogens is 1. The van der Waals surface area contributed by atoms with E-state index >= 15 is 0 Å². The zero-order valence-corrected chi connectivity index (χ0v) is 9.91. The summed E-state index contributed by atoms with van der Waals surface area (Å²) in [7, 11) is -4.61. The average molecular weight is 260 g/mol. The maximum atomic E-state index is 12.7. The molecule has 0 aromatic carbocycles. The van der Waals surface area contributed by atoms with Crippen LogP contribution in [0.2, 0.25) is 0 Å². The minimum absolute atomic E-state index is 0.0433. The number of rotatable bonds is 4. The van der Waals surface area contributed by atoms with E-state index in [1.54, 1.807) is 6.20 Å². The van der Waals surface area contributed by atoms with Crippen LogP contribution < -0.4 is 0 Å². The summed E-state index contributed by atoms with van der Waals surface area (Å²) in [6.45, 7) is 0.365. The summed E-state index contributed by atoms with van der Waals surface area (Å²) in [5.41, 5.74) is 0.962. The van der Waals surface area contributed by atoms with Crippen LogP contribution >= 0.6 is 0 Å². The Hall–Kier alpha value is -1.37. The number of carbonyl (C=O) groups excluding carboxylic acids is 1. The van der Waals surface area contributed by atoms with E-state index in [-0.39, 0.29) is 18.9 Å². The van der Waals surface area contributed by atoms with Gasteiger partial charge in [-0.25, -0.2) is 0 Å². The van der Waals surface area contributed by atoms with Crippen molar-refractivity contribution in [3.63, 3.8) is 0 Å². The van der Waals surface area contributed by atoms with Gasteiger partial charge in [-0.05, 0) is 12.1 Å². The summed E-state index contributed by atoms with van der Waals surface area (Å²) in [4.78, 5) is 15.9. The Balaban J connectivity index is 1.93. The van der Waals surface area contributed by atoms with Crippen molar-refractivity contribution in [3.05, 3.63) is 24.0 Å². The summed E-state index contributed by atoms with van der Waals surface area (Å²) < 4.78 is 34.2. The lowest BCUT2D eigenvalue weighted by Gasteiger charge is -2.15. The zero-order valence-electron chi connectivity index (χ0n) is 9.10. The van der Waals surface area contributed by atoms with E-state index in [0.717, 1.165) is 5.69 Å². The van der Waals surface area contributed by atoms with Gasteiger partial charge in [-0.2, -0.15) is 8.42 Å². The zero-order chi connectivity index (χ0) is 12.5. The molecule has 17 heavy (non-hydrogen) atoms. The Bertz CT molecular complexity index is 498. The number of aromatic nitrogens is 1. The van der Waals surface area contributed by atoms with Crippen molar-refractivity contribution in [2.75, 3.05) is 13.1 Å². The summed E-state index contributed by atoms with van der Waals surface area (Å²) >= 11 is 0. The molecule has 1 atom stereocenters. The number of hydrogen-bond acceptors (Lipinski definition) is 3. The van der Waals surface area contributed by atoms with E-state index < -0.39 is 15.5 Å². The lowest BCUT2D eigenvalue weighted by atomic mass is 10.3. The fraction of sp³-hybridized carbons (Fsp3) is 0.500. The predicted octanol–water partition coefficient (Wildman–Crippen LogP) is 0.457. The van der Waals surface area contributed by atoms with E-state index in [1.165, 1.54) is 4.90 Å². The minimum Gasteiger partial charge on any atom is -0.365 e. The Morgan fingerprint density at radius 2 is 2.29 bits per heavy atom. The van der Waals surface area contributed by atoms with Gasteiger partial charge in [0.1, 0.15) is 5.25 Å². The monoisotopic (exact) mass is 260 g/mol. The minimum atomic E-state index is -4.61. The first-order valence-electron chi connectivity index (χ1n) is 5.30. The quantitative estimate of drug-likeness (QED) is 0.799. The van der Waals surface area contributed by atoms with E-state index in [0.29, 0.717) is 13.0 Å². The Labute approximate surface area is 98.8 Å². The molecule has 1 amide bonds. The lowest BCUT2D eigenvalue weighted by molar-refractivity contribution is -0.127. The molecular weight excluding hydrogens is 247 g/mol. The van der Waals surface area contributed by atoms with Crippen molar-refractivity contribution in [1.82, 2.24) is 9.88 Å². The predicted molar refractivity (Wildman–Crippen MR) is 59.5 cm³/mol. The maximum absolute atomic E-state index is 12.7. The molecule has 7 heteroatoms. The van der Waals surface area contributed by atoms with E-state index in [4.69, 9.17) is 0 Å². The molecule has 1 aliphatic heterocycles. The summed E-state index contributed by atoms with van der Waals surface area (Å²) in [6.07, 6.45) is 2.14. The van der Waals surface area contributed by atoms with Gasteiger partial charge >= 0.3 is 10.2 Å². The number of amides is 1. The first-order chi connectivity index (χ1) is 7.97. The number of H-pyrrole nitrogens is 1. The average Bonchev–Trinajstić information content (AvgIpc) is 2.83. The SMILES string of the molecule is O=C1CC(S(=O)(=O)F)CN1CCc1ccc[nH]1. The molecule has 0 saturated carbocycles. The second-order valence-corrected chi connectivity index (χ2v) is 5.70. The molecule has 0 spiro atoms. The number of hydrogen-bond donors (Lipinski definition) is 1. The van der Waals surface area contributed by atoms with Gasteiger partial charge in [0.25, 0.3) is 0 Å². The highest BCUT2D eigenvalue weighted by atomic mass is 32.3. The molecule has 1 fully saturated rings. The van der Waals surface area contributed by atoms with E-state index in [2.05, 4.69) is 4.98 Å². The number of nitrogens with one attached hydrogen (secondary N) is 1. The topological polar surface area (TPSA) is 70.2 Å². The van der Waals surface area contributed by atoms with Crippen molar-refractivity contribution >= 4 is 16.1 Å². The van der Waals surface area contributed by atoms with Gasteiger partial charge in [0.15, 0.2) is 0 Å². The van der Waals surface area contributed by atoms with Crippen molar-refractivity contribution in [2.45, 2.75) is 18.1 Å². The van der Waals surface area contributed by atoms with Gasteiger partial charge < -0.3 is 9.88 Å². The van der Waals surface area contributed by atoms with Crippen LogP contribution in [0.4, 0.5) is 3.89 Å². The van der Waals surface area contributed by atoms with Crippen LogP contribution in [0.25, 0.3) is 0 Å². The Morgan fingerprint density at radius 1 is 1.53 bits per heavy atom. The van der Waals surface area contributed by atoms with Crippen molar-refractivity contribution in [2.24, 2.45) is 0 Å². The second kappa shape index (κ2) is 4.48. The third kappa shape index (κ3) is 2.85. The van der Waals surface area contributed by atoms with Crippen LogP contribution in [0.15, 0.2) is 18.3 Å². The molecule has 0 aliphatic carbocycles. The fourth-order valence-electron chi connectivity index (χ4n) is 1.92. The highest BCUT2D eigenvalue weighted by Crippen LogP contribution is 2.19. The van der Waals surface area contributed by atoms with E-state index in [1.807, 2.05) is 12.1 Å². The van der Waals surface area contributed by atoms with Crippen LogP contribution in [0.5, 0.6) is 0 Å². The van der Waals surface area contributed by atoms with Gasteiger partial charge in [-0.3, -0.25) is 4.79 Å². The van der Waals surface area contributed by atoms with Gasteiger partial charge in [-0.15, -0.1) is 3.89 Å². The number of nitrogens with zero attached hydrogens (tertiary/aromatic N) is 1. The lowest BCUT2D eigenvalue weighted by Crippen LogP contribution is -2.29. The van der Waals surface area contributed by atoms with Crippen LogP contribution in [0.3, 0.4) is 0 Å². The van der Waals surface area contributed by atoms with Crippen molar-refractivity contribution in [3.8, 4) is 0 Å². The number of aromatic amines is 1. The first-order valence-corrected chi connectivity index (χ1v) is 6.75. The van der Waals surface area contributed by atoms with E-state index in [9.17, 15) is 17.1 Å². The van der Waals surface area contributed by atoms with Gasteiger partial charge in [0, 0.05) is 37.8 Å². The number of carbonyl (C=O) groups is 1. The third-order valence-electron chi connectivity index (χ3n) is 2.89. The van der Waals surface area contributed by atoms with Gasteiger partial charge in [0.2, 0.25) is 5.91 Å². The molecule has 0 bridgehead atoms. The van der Waals surface area contributed by atoms with Crippen LogP contribution in [-0.2, 0) is 21.4 Å². The largest absolute Gasteiger partial charge is 0.365 e. The summed E-state index contributed by atoms with van der Waals surface area (Å²) in [6, 6.07) is 3.72. The van der Waals surface area contributed by atoms with Gasteiger partial charge in [0.05, 0.1) is 0 Å². The molecule has 1 aromatic rings. The third-order valence-corrected chi connectivity index (χ3v) is 4.00. The highest BCUT2D eigenvalue weighted by molar-refractivity contribution is 7.87. The van der Waals surface area contributed by atoms with Crippen LogP contribution in [-0.4, -0.2) is 42.5 Å². The molecular formula is C10H13FN2O3S. The molecule has 1 saturated heterocycles. The molecule has 1 aromatic heterocycles. The summed E-state index contributed by atoms with van der Waals surface area (Å²) in [5.74, 6) is -0.303. The first kappa shape index (κ1) is 12.1. The summed E-state index contributed by atoms with van der Waals surface area (Å²) in [5, 5.41) is -1.20. The smallest absolute Gasteiger partial charge is 0.307 e. The molecule has 0 radical (unpaired) electrons. The highest BCUT2D eigenvalue weighted by Gasteiger charge is 2.37. The molecule has 94 valence electrons. The Morgan fingerprint density at radius 3 is 2.82 bits per heavy atom. The molecule has 1 N–H and O–H groups in total. The maximum Gasteiger partial charge on any atom is 0.307 e.